The van der Waals surface area contributed by atoms with Gasteiger partial charge in [0.2, 0.25) is 0 Å². The fraction of sp³-hybridized carbons (Fsp3) is 0.773. The van der Waals surface area contributed by atoms with Gasteiger partial charge in [0, 0.05) is 55.9 Å². The Hall–Kier alpha value is -1.09. The summed E-state index contributed by atoms with van der Waals surface area (Å²) >= 11 is 1.85. The normalized spacial score (nSPS) is 18.2. The number of piperazine rings is 1. The van der Waals surface area contributed by atoms with Crippen molar-refractivity contribution < 1.29 is 0 Å². The third-order valence-corrected chi connectivity index (χ3v) is 6.66. The topological polar surface area (TPSA) is 59.9 Å². The largest absolute Gasteiger partial charge is 0.354 e. The molecule has 0 bridgehead atoms. The van der Waals surface area contributed by atoms with E-state index in [2.05, 4.69) is 67.8 Å². The Morgan fingerprint density at radius 1 is 1.00 bits per heavy atom. The number of nitrogens with one attached hydrogen (secondary N) is 1. The number of nitrogens with zero attached hydrogens (tertiary/aromatic N) is 6. The summed E-state index contributed by atoms with van der Waals surface area (Å²) in [7, 11) is 2.03. The van der Waals surface area contributed by atoms with Gasteiger partial charge in [0.1, 0.15) is 18.3 Å². The van der Waals surface area contributed by atoms with Crippen molar-refractivity contribution in [3.05, 3.63) is 17.6 Å². The van der Waals surface area contributed by atoms with E-state index in [4.69, 9.17) is 9.97 Å². The summed E-state index contributed by atoms with van der Waals surface area (Å²) in [5.41, 5.74) is 4.29. The lowest BCUT2D eigenvalue weighted by Crippen LogP contribution is -2.47. The molecule has 3 heterocycles. The second-order valence-corrected chi connectivity index (χ2v) is 11.3. The predicted octanol–water partition coefficient (Wildman–Crippen LogP) is 3.50. The number of thioether (sulfide) groups is 1. The predicted molar refractivity (Wildman–Crippen MR) is 136 cm³/mol. The first-order valence-electron chi connectivity index (χ1n) is 11.1. The van der Waals surface area contributed by atoms with E-state index in [0.717, 1.165) is 61.0 Å². The number of hydrogen-bond acceptors (Lipinski definition) is 8. The summed E-state index contributed by atoms with van der Waals surface area (Å²) in [5.74, 6) is 3.14. The summed E-state index contributed by atoms with van der Waals surface area (Å²) in [5, 5.41) is 3.12. The summed E-state index contributed by atoms with van der Waals surface area (Å²) in [6, 6.07) is 2.20. The monoisotopic (exact) mass is 469 g/mol. The SMILES string of the molecule is CN1NCN=C1SCCCN1CCN(c2cc(C(C)(C)C)nc(C(C)(C)C)n2)CC1.Cl. The fourth-order valence-electron chi connectivity index (χ4n) is 3.49. The van der Waals surface area contributed by atoms with Crippen molar-refractivity contribution in [3.8, 4) is 0 Å². The van der Waals surface area contributed by atoms with Gasteiger partial charge < -0.3 is 4.90 Å². The van der Waals surface area contributed by atoms with Gasteiger partial charge in [-0.25, -0.2) is 20.4 Å². The van der Waals surface area contributed by atoms with Crippen LogP contribution in [0.2, 0.25) is 0 Å². The van der Waals surface area contributed by atoms with Gasteiger partial charge >= 0.3 is 0 Å². The van der Waals surface area contributed by atoms with Crippen LogP contribution in [0.15, 0.2) is 11.1 Å². The van der Waals surface area contributed by atoms with Crippen molar-refractivity contribution in [2.45, 2.75) is 58.8 Å². The van der Waals surface area contributed by atoms with Crippen LogP contribution in [0.25, 0.3) is 0 Å². The van der Waals surface area contributed by atoms with E-state index in [1.165, 1.54) is 6.42 Å². The lowest BCUT2D eigenvalue weighted by Gasteiger charge is -2.36. The zero-order chi connectivity index (χ0) is 21.9. The van der Waals surface area contributed by atoms with E-state index < -0.39 is 0 Å². The van der Waals surface area contributed by atoms with Crippen LogP contribution in [-0.4, -0.2) is 77.2 Å². The van der Waals surface area contributed by atoms with Crippen molar-refractivity contribution in [1.82, 2.24) is 25.3 Å². The number of hydrogen-bond donors (Lipinski definition) is 1. The van der Waals surface area contributed by atoms with Crippen molar-refractivity contribution >= 4 is 35.2 Å². The molecule has 1 aromatic rings. The first-order chi connectivity index (χ1) is 14.0. The van der Waals surface area contributed by atoms with E-state index in [1.807, 2.05) is 23.8 Å². The number of amidine groups is 1. The van der Waals surface area contributed by atoms with Crippen LogP contribution in [-0.2, 0) is 10.8 Å². The van der Waals surface area contributed by atoms with Crippen LogP contribution in [0.3, 0.4) is 0 Å². The van der Waals surface area contributed by atoms with Crippen LogP contribution >= 0.6 is 24.2 Å². The molecule has 1 fully saturated rings. The molecule has 0 aromatic carbocycles. The van der Waals surface area contributed by atoms with Crippen LogP contribution in [0, 0.1) is 0 Å². The third kappa shape index (κ3) is 7.20. The molecule has 1 N–H and O–H groups in total. The first-order valence-corrected chi connectivity index (χ1v) is 12.0. The Morgan fingerprint density at radius 3 is 2.23 bits per heavy atom. The Bertz CT molecular complexity index is 717. The Labute approximate surface area is 198 Å². The minimum atomic E-state index is -0.0529. The Morgan fingerprint density at radius 2 is 1.68 bits per heavy atom. The van der Waals surface area contributed by atoms with Crippen molar-refractivity contribution in [1.29, 1.82) is 0 Å². The molecule has 31 heavy (non-hydrogen) atoms. The quantitative estimate of drug-likeness (QED) is 0.662. The summed E-state index contributed by atoms with van der Waals surface area (Å²) in [6.45, 7) is 19.4. The minimum absolute atomic E-state index is 0. The maximum absolute atomic E-state index is 4.96. The zero-order valence-corrected chi connectivity index (χ0v) is 21.9. The highest BCUT2D eigenvalue weighted by Crippen LogP contribution is 2.28. The Balaban J connectivity index is 0.00000341. The maximum Gasteiger partial charge on any atom is 0.174 e. The molecule has 0 radical (unpaired) electrons. The number of aliphatic imine (C=N–C) groups is 1. The zero-order valence-electron chi connectivity index (χ0n) is 20.2. The van der Waals surface area contributed by atoms with Crippen molar-refractivity contribution in [2.75, 3.05) is 57.1 Å². The van der Waals surface area contributed by atoms with Crippen molar-refractivity contribution in [3.63, 3.8) is 0 Å². The molecule has 0 unspecified atom stereocenters. The molecular formula is C22H40ClN7S. The minimum Gasteiger partial charge on any atom is -0.354 e. The van der Waals surface area contributed by atoms with Gasteiger partial charge in [0.05, 0.1) is 5.69 Å². The highest BCUT2D eigenvalue weighted by Gasteiger charge is 2.26. The number of rotatable bonds is 5. The van der Waals surface area contributed by atoms with Crippen LogP contribution in [0.5, 0.6) is 0 Å². The summed E-state index contributed by atoms with van der Waals surface area (Å²) in [6.07, 6.45) is 1.19. The molecular weight excluding hydrogens is 430 g/mol. The van der Waals surface area contributed by atoms with Crippen LogP contribution in [0.4, 0.5) is 5.82 Å². The molecule has 0 saturated carbocycles. The highest BCUT2D eigenvalue weighted by atomic mass is 35.5. The van der Waals surface area contributed by atoms with Crippen LogP contribution in [0.1, 0.15) is 59.5 Å². The van der Waals surface area contributed by atoms with Gasteiger partial charge in [-0.3, -0.25) is 9.91 Å². The van der Waals surface area contributed by atoms with Gasteiger partial charge in [-0.15, -0.1) is 12.4 Å². The summed E-state index contributed by atoms with van der Waals surface area (Å²) in [4.78, 5) is 19.3. The molecule has 176 valence electrons. The van der Waals surface area contributed by atoms with E-state index in [-0.39, 0.29) is 23.2 Å². The summed E-state index contributed by atoms with van der Waals surface area (Å²) < 4.78 is 0. The second-order valence-electron chi connectivity index (χ2n) is 10.3. The van der Waals surface area contributed by atoms with E-state index >= 15 is 0 Å². The lowest BCUT2D eigenvalue weighted by atomic mass is 9.90. The molecule has 0 aliphatic carbocycles. The standard InChI is InChI=1S/C22H39N7S.ClH/c1-21(2,3)17-15-18(26-19(25-17)22(4,5)6)29-12-10-28(11-13-29)9-8-14-30-20-23-16-24-27(20)7;/h15,24H,8-14,16H2,1-7H3;1H. The molecule has 1 saturated heterocycles. The molecule has 7 nitrogen and oxygen atoms in total. The third-order valence-electron chi connectivity index (χ3n) is 5.51. The molecule has 3 rings (SSSR count). The molecule has 1 aromatic heterocycles. The first kappa shape index (κ1) is 26.2. The van der Waals surface area contributed by atoms with Gasteiger partial charge in [0.25, 0.3) is 0 Å². The highest BCUT2D eigenvalue weighted by molar-refractivity contribution is 8.13. The van der Waals surface area contributed by atoms with Crippen molar-refractivity contribution in [2.24, 2.45) is 4.99 Å². The smallest absolute Gasteiger partial charge is 0.174 e. The average Bonchev–Trinajstić information content (AvgIpc) is 3.09. The average molecular weight is 470 g/mol. The van der Waals surface area contributed by atoms with E-state index in [0.29, 0.717) is 6.67 Å². The number of hydrazine groups is 1. The number of halogens is 1. The molecule has 0 spiro atoms. The molecule has 2 aliphatic heterocycles. The van der Waals surface area contributed by atoms with E-state index in [1.54, 1.807) is 0 Å². The Kier molecular flexibility index (Phi) is 9.02. The van der Waals surface area contributed by atoms with Gasteiger partial charge in [0.15, 0.2) is 5.17 Å². The fourth-order valence-corrected chi connectivity index (χ4v) is 4.36. The van der Waals surface area contributed by atoms with Crippen LogP contribution < -0.4 is 10.3 Å². The second kappa shape index (κ2) is 10.7. The molecule has 9 heteroatoms. The molecule has 2 aliphatic rings. The van der Waals surface area contributed by atoms with Gasteiger partial charge in [-0.05, 0) is 13.0 Å². The number of aromatic nitrogens is 2. The van der Waals surface area contributed by atoms with E-state index in [9.17, 15) is 0 Å². The van der Waals surface area contributed by atoms with Gasteiger partial charge in [-0.1, -0.05) is 53.3 Å². The van der Waals surface area contributed by atoms with Gasteiger partial charge in [-0.2, -0.15) is 0 Å². The molecule has 0 amide bonds. The molecule has 0 atom stereocenters. The number of anilines is 1. The maximum atomic E-state index is 4.96. The lowest BCUT2D eigenvalue weighted by molar-refractivity contribution is 0.258.